The summed E-state index contributed by atoms with van der Waals surface area (Å²) in [7, 11) is 2.04. The highest BCUT2D eigenvalue weighted by molar-refractivity contribution is 5.71. The van der Waals surface area contributed by atoms with Crippen molar-refractivity contribution in [2.75, 3.05) is 0 Å². The minimum Gasteiger partial charge on any atom is -0.219 e. The average molecular weight is 174 g/mol. The summed E-state index contributed by atoms with van der Waals surface area (Å²) in [5.41, 5.74) is 2.52. The molecule has 1 radical (unpaired) electrons. The van der Waals surface area contributed by atoms with Gasteiger partial charge in [-0.15, -0.1) is 0 Å². The van der Waals surface area contributed by atoms with E-state index in [1.165, 1.54) is 11.0 Å². The molecular formula is C11H14N2+. The highest BCUT2D eigenvalue weighted by Gasteiger charge is 2.11. The molecule has 0 spiro atoms. The first kappa shape index (κ1) is 8.30. The van der Waals surface area contributed by atoms with Crippen molar-refractivity contribution in [1.82, 2.24) is 4.57 Å². The number of aryl methyl sites for hydroxylation is 2. The highest BCUT2D eigenvalue weighted by Crippen LogP contribution is 2.09. The maximum absolute atomic E-state index is 3.29. The predicted molar refractivity (Wildman–Crippen MR) is 52.2 cm³/mol. The Labute approximate surface area is 78.4 Å². The molecule has 67 valence electrons. The van der Waals surface area contributed by atoms with Crippen LogP contribution in [-0.2, 0) is 13.6 Å². The molecule has 2 nitrogen and oxygen atoms in total. The molecule has 1 aromatic carbocycles. The van der Waals surface area contributed by atoms with Gasteiger partial charge in [0.05, 0.1) is 13.6 Å². The fourth-order valence-electron chi connectivity index (χ4n) is 1.66. The standard InChI is InChI=1S/C11H14N2/c1-3-8-13-9-12(2)10-6-4-5-7-11(10)13/h4-7H,3,8H2,1-2H3/q+1. The van der Waals surface area contributed by atoms with Crippen molar-refractivity contribution >= 4 is 11.0 Å². The fourth-order valence-corrected chi connectivity index (χ4v) is 1.66. The third-order valence-corrected chi connectivity index (χ3v) is 2.25. The van der Waals surface area contributed by atoms with Crippen molar-refractivity contribution in [3.8, 4) is 0 Å². The molecular weight excluding hydrogens is 160 g/mol. The highest BCUT2D eigenvalue weighted by atomic mass is 15.1. The van der Waals surface area contributed by atoms with E-state index in [4.69, 9.17) is 0 Å². The maximum atomic E-state index is 3.29. The number of rotatable bonds is 2. The van der Waals surface area contributed by atoms with Crippen molar-refractivity contribution in [2.45, 2.75) is 19.9 Å². The first-order valence-corrected chi connectivity index (χ1v) is 4.69. The van der Waals surface area contributed by atoms with Gasteiger partial charge in [0, 0.05) is 0 Å². The van der Waals surface area contributed by atoms with Gasteiger partial charge >= 0.3 is 6.33 Å². The van der Waals surface area contributed by atoms with E-state index in [0.29, 0.717) is 0 Å². The number of hydrogen-bond donors (Lipinski definition) is 0. The largest absolute Gasteiger partial charge is 0.374 e. The molecule has 0 amide bonds. The lowest BCUT2D eigenvalue weighted by Crippen LogP contribution is -2.26. The molecule has 0 saturated heterocycles. The minimum atomic E-state index is 1.04. The van der Waals surface area contributed by atoms with Gasteiger partial charge in [-0.3, -0.25) is 0 Å². The number of fused-ring (bicyclic) bond motifs is 1. The molecule has 0 bridgehead atoms. The summed E-state index contributed by atoms with van der Waals surface area (Å²) < 4.78 is 4.22. The van der Waals surface area contributed by atoms with Crippen LogP contribution in [0.2, 0.25) is 0 Å². The van der Waals surface area contributed by atoms with Crippen LogP contribution >= 0.6 is 0 Å². The lowest BCUT2D eigenvalue weighted by atomic mass is 10.3. The molecule has 0 unspecified atom stereocenters. The average Bonchev–Trinajstić information content (AvgIpc) is 2.46. The van der Waals surface area contributed by atoms with Crippen LogP contribution in [0.3, 0.4) is 0 Å². The molecule has 0 aliphatic carbocycles. The maximum Gasteiger partial charge on any atom is 0.374 e. The lowest BCUT2D eigenvalue weighted by molar-refractivity contribution is -0.650. The van der Waals surface area contributed by atoms with Crippen LogP contribution in [0.1, 0.15) is 13.3 Å². The molecule has 0 fully saturated rings. The van der Waals surface area contributed by atoms with Gasteiger partial charge in [0.15, 0.2) is 11.0 Å². The second-order valence-corrected chi connectivity index (χ2v) is 3.30. The number of benzene rings is 1. The van der Waals surface area contributed by atoms with Crippen LogP contribution in [0.4, 0.5) is 0 Å². The summed E-state index contributed by atoms with van der Waals surface area (Å²) >= 11 is 0. The summed E-state index contributed by atoms with van der Waals surface area (Å²) in [4.78, 5) is 0. The van der Waals surface area contributed by atoms with Crippen LogP contribution in [0.15, 0.2) is 24.3 Å². The number of aromatic nitrogens is 2. The van der Waals surface area contributed by atoms with E-state index in [0.717, 1.165) is 13.0 Å². The van der Waals surface area contributed by atoms with Crippen molar-refractivity contribution in [3.05, 3.63) is 30.6 Å². The topological polar surface area (TPSA) is 8.81 Å². The predicted octanol–water partition coefficient (Wildman–Crippen LogP) is 1.68. The number of imidazole rings is 1. The molecule has 0 N–H and O–H groups in total. The first-order valence-electron chi connectivity index (χ1n) is 4.69. The van der Waals surface area contributed by atoms with Gasteiger partial charge in [-0.1, -0.05) is 19.1 Å². The van der Waals surface area contributed by atoms with E-state index in [1.54, 1.807) is 0 Å². The summed E-state index contributed by atoms with van der Waals surface area (Å²) in [5.74, 6) is 0. The Morgan fingerprint density at radius 3 is 2.92 bits per heavy atom. The molecule has 1 heterocycles. The second kappa shape index (κ2) is 3.21. The molecule has 0 aliphatic rings. The zero-order valence-corrected chi connectivity index (χ0v) is 8.12. The molecule has 1 aromatic heterocycles. The van der Waals surface area contributed by atoms with Crippen molar-refractivity contribution < 1.29 is 4.57 Å². The van der Waals surface area contributed by atoms with Crippen molar-refractivity contribution in [3.63, 3.8) is 0 Å². The van der Waals surface area contributed by atoms with Crippen LogP contribution < -0.4 is 4.57 Å². The van der Waals surface area contributed by atoms with Gasteiger partial charge in [0.1, 0.15) is 0 Å². The SMILES string of the molecule is CCCn1[c][n+](C)c2ccccc21. The van der Waals surface area contributed by atoms with Crippen LogP contribution in [0.5, 0.6) is 0 Å². The zero-order chi connectivity index (χ0) is 9.26. The number of hydrogen-bond acceptors (Lipinski definition) is 0. The summed E-state index contributed by atoms with van der Waals surface area (Å²) in [6, 6.07) is 8.40. The Morgan fingerprint density at radius 2 is 2.15 bits per heavy atom. The van der Waals surface area contributed by atoms with E-state index < -0.39 is 0 Å². The second-order valence-electron chi connectivity index (χ2n) is 3.30. The van der Waals surface area contributed by atoms with Gasteiger partial charge in [-0.25, -0.2) is 9.13 Å². The quantitative estimate of drug-likeness (QED) is 0.612. The Morgan fingerprint density at radius 1 is 1.38 bits per heavy atom. The zero-order valence-electron chi connectivity index (χ0n) is 8.12. The number of nitrogens with zero attached hydrogens (tertiary/aromatic N) is 2. The smallest absolute Gasteiger partial charge is 0.219 e. The van der Waals surface area contributed by atoms with Gasteiger partial charge in [0.25, 0.3) is 0 Å². The molecule has 2 aromatic rings. The first-order chi connectivity index (χ1) is 6.33. The van der Waals surface area contributed by atoms with E-state index in [9.17, 15) is 0 Å². The molecule has 0 saturated carbocycles. The summed E-state index contributed by atoms with van der Waals surface area (Å²) in [5, 5.41) is 0. The fraction of sp³-hybridized carbons (Fsp3) is 0.364. The van der Waals surface area contributed by atoms with E-state index in [-0.39, 0.29) is 0 Å². The van der Waals surface area contributed by atoms with Crippen LogP contribution in [0, 0.1) is 6.33 Å². The normalized spacial score (nSPS) is 10.9. The Hall–Kier alpha value is -1.31. The van der Waals surface area contributed by atoms with Crippen LogP contribution in [-0.4, -0.2) is 4.57 Å². The van der Waals surface area contributed by atoms with Gasteiger partial charge in [-0.2, -0.15) is 0 Å². The summed E-state index contributed by atoms with van der Waals surface area (Å²) in [6.07, 6.45) is 4.43. The summed E-state index contributed by atoms with van der Waals surface area (Å²) in [6.45, 7) is 3.23. The Balaban J connectivity index is 2.63. The van der Waals surface area contributed by atoms with Gasteiger partial charge in [-0.05, 0) is 18.6 Å². The Kier molecular flexibility index (Phi) is 2.05. The van der Waals surface area contributed by atoms with E-state index in [1.807, 2.05) is 11.6 Å². The molecule has 2 rings (SSSR count). The number of para-hydroxylation sites is 2. The van der Waals surface area contributed by atoms with E-state index >= 15 is 0 Å². The Bertz CT molecular complexity index is 415. The van der Waals surface area contributed by atoms with E-state index in [2.05, 4.69) is 42.1 Å². The molecule has 0 aliphatic heterocycles. The van der Waals surface area contributed by atoms with Gasteiger partial charge in [0.2, 0.25) is 0 Å². The molecule has 0 atom stereocenters. The third-order valence-electron chi connectivity index (χ3n) is 2.25. The molecule has 2 heteroatoms. The van der Waals surface area contributed by atoms with Crippen molar-refractivity contribution in [2.24, 2.45) is 7.05 Å². The van der Waals surface area contributed by atoms with Crippen molar-refractivity contribution in [1.29, 1.82) is 0 Å². The monoisotopic (exact) mass is 174 g/mol. The third kappa shape index (κ3) is 1.32. The minimum absolute atomic E-state index is 1.04. The van der Waals surface area contributed by atoms with Gasteiger partial charge < -0.3 is 0 Å². The molecule has 13 heavy (non-hydrogen) atoms. The van der Waals surface area contributed by atoms with Crippen LogP contribution in [0.25, 0.3) is 11.0 Å². The lowest BCUT2D eigenvalue weighted by Gasteiger charge is -1.90.